The minimum atomic E-state index is -3.55. The van der Waals surface area contributed by atoms with Crippen LogP contribution in [-0.4, -0.2) is 62.8 Å². The molecule has 9 heteroatoms. The van der Waals surface area contributed by atoms with Crippen molar-refractivity contribution in [2.45, 2.75) is 30.9 Å². The molecular formula is C22H28BrN3O3S2. The Kier molecular flexibility index (Phi) is 6.76. The number of aryl methyl sites for hydroxylation is 2. The lowest BCUT2D eigenvalue weighted by Crippen LogP contribution is -2.53. The Labute approximate surface area is 197 Å². The van der Waals surface area contributed by atoms with E-state index in [0.717, 1.165) is 23.3 Å². The third kappa shape index (κ3) is 4.84. The fourth-order valence-electron chi connectivity index (χ4n) is 4.41. The number of rotatable bonds is 4. The van der Waals surface area contributed by atoms with E-state index in [-0.39, 0.29) is 18.4 Å². The van der Waals surface area contributed by atoms with Gasteiger partial charge in [0, 0.05) is 45.0 Å². The molecule has 1 atom stereocenters. The third-order valence-electron chi connectivity index (χ3n) is 6.17. The van der Waals surface area contributed by atoms with Crippen LogP contribution in [0.1, 0.15) is 24.0 Å². The Morgan fingerprint density at radius 3 is 2.48 bits per heavy atom. The number of hydrogen-bond acceptors (Lipinski definition) is 5. The lowest BCUT2D eigenvalue weighted by atomic mass is 9.97. The summed E-state index contributed by atoms with van der Waals surface area (Å²) in [5.74, 6) is -0.174. The van der Waals surface area contributed by atoms with Crippen molar-refractivity contribution in [1.82, 2.24) is 9.21 Å². The predicted molar refractivity (Wildman–Crippen MR) is 128 cm³/mol. The van der Waals surface area contributed by atoms with E-state index in [1.165, 1.54) is 32.5 Å². The van der Waals surface area contributed by atoms with Gasteiger partial charge in [-0.15, -0.1) is 11.3 Å². The molecule has 1 aromatic carbocycles. The van der Waals surface area contributed by atoms with Gasteiger partial charge >= 0.3 is 0 Å². The number of nitrogens with zero attached hydrogens (tertiary/aromatic N) is 3. The van der Waals surface area contributed by atoms with Gasteiger partial charge in [0.1, 0.15) is 4.21 Å². The minimum absolute atomic E-state index is 0.0906. The number of anilines is 1. The van der Waals surface area contributed by atoms with Gasteiger partial charge in [-0.05, 0) is 71.9 Å². The van der Waals surface area contributed by atoms with Crippen LogP contribution in [-0.2, 0) is 14.8 Å². The monoisotopic (exact) mass is 525 g/mol. The first-order valence-corrected chi connectivity index (χ1v) is 13.7. The summed E-state index contributed by atoms with van der Waals surface area (Å²) in [5.41, 5.74) is 3.73. The van der Waals surface area contributed by atoms with Crippen LogP contribution in [0.4, 0.5) is 5.69 Å². The maximum atomic E-state index is 13.2. The number of carbonyl (C=O) groups excluding carboxylic acids is 1. The first-order chi connectivity index (χ1) is 14.8. The van der Waals surface area contributed by atoms with Crippen molar-refractivity contribution in [2.75, 3.05) is 44.2 Å². The lowest BCUT2D eigenvalue weighted by Gasteiger charge is -2.40. The second kappa shape index (κ2) is 9.21. The second-order valence-corrected chi connectivity index (χ2v) is 13.0. The molecule has 0 radical (unpaired) electrons. The summed E-state index contributed by atoms with van der Waals surface area (Å²) < 4.78 is 28.6. The number of amides is 1. The molecule has 168 valence electrons. The van der Waals surface area contributed by atoms with Crippen molar-refractivity contribution in [3.8, 4) is 0 Å². The average molecular weight is 527 g/mol. The summed E-state index contributed by atoms with van der Waals surface area (Å²) in [4.78, 5) is 17.5. The average Bonchev–Trinajstić information content (AvgIpc) is 3.22. The van der Waals surface area contributed by atoms with Crippen molar-refractivity contribution in [3.63, 3.8) is 0 Å². The van der Waals surface area contributed by atoms with Crippen LogP contribution in [0, 0.1) is 19.8 Å². The molecule has 2 saturated heterocycles. The largest absolute Gasteiger partial charge is 0.368 e. The molecule has 1 amide bonds. The van der Waals surface area contributed by atoms with Gasteiger partial charge in [-0.25, -0.2) is 8.42 Å². The summed E-state index contributed by atoms with van der Waals surface area (Å²) in [5, 5.41) is 0. The highest BCUT2D eigenvalue weighted by atomic mass is 79.9. The number of piperazine rings is 1. The Morgan fingerprint density at radius 1 is 1.06 bits per heavy atom. The molecule has 0 bridgehead atoms. The van der Waals surface area contributed by atoms with Crippen LogP contribution in [0.15, 0.2) is 38.3 Å². The zero-order valence-electron chi connectivity index (χ0n) is 17.9. The molecule has 2 aliphatic heterocycles. The van der Waals surface area contributed by atoms with Crippen LogP contribution < -0.4 is 4.90 Å². The molecule has 1 unspecified atom stereocenters. The minimum Gasteiger partial charge on any atom is -0.368 e. The fourth-order valence-corrected chi connectivity index (χ4v) is 8.10. The normalized spacial score (nSPS) is 20.8. The van der Waals surface area contributed by atoms with E-state index in [0.29, 0.717) is 30.3 Å². The van der Waals surface area contributed by atoms with Crippen molar-refractivity contribution in [3.05, 3.63) is 45.2 Å². The molecule has 6 nitrogen and oxygen atoms in total. The van der Waals surface area contributed by atoms with Crippen molar-refractivity contribution < 1.29 is 13.2 Å². The van der Waals surface area contributed by atoms with Crippen molar-refractivity contribution in [1.29, 1.82) is 0 Å². The molecule has 0 N–H and O–H groups in total. The number of thiophene rings is 1. The molecule has 0 spiro atoms. The van der Waals surface area contributed by atoms with E-state index in [2.05, 4.69) is 52.9 Å². The smallest absolute Gasteiger partial charge is 0.252 e. The van der Waals surface area contributed by atoms with Crippen LogP contribution in [0.3, 0.4) is 0 Å². The summed E-state index contributed by atoms with van der Waals surface area (Å²) >= 11 is 4.55. The van der Waals surface area contributed by atoms with E-state index < -0.39 is 10.0 Å². The van der Waals surface area contributed by atoms with E-state index >= 15 is 0 Å². The molecule has 0 saturated carbocycles. The summed E-state index contributed by atoms with van der Waals surface area (Å²) in [6, 6.07) is 9.85. The number of sulfonamides is 1. The Balaban J connectivity index is 1.39. The molecular weight excluding hydrogens is 498 g/mol. The predicted octanol–water partition coefficient (Wildman–Crippen LogP) is 3.88. The van der Waals surface area contributed by atoms with Gasteiger partial charge in [-0.3, -0.25) is 4.79 Å². The first kappa shape index (κ1) is 22.8. The Morgan fingerprint density at radius 2 is 1.81 bits per heavy atom. The number of benzene rings is 1. The zero-order valence-corrected chi connectivity index (χ0v) is 21.1. The quantitative estimate of drug-likeness (QED) is 0.607. The van der Waals surface area contributed by atoms with Gasteiger partial charge in [0.25, 0.3) is 10.0 Å². The number of hydrogen-bond donors (Lipinski definition) is 0. The molecule has 3 heterocycles. The SMILES string of the molecule is Cc1ccc(C)c(N2CCN(C(=O)C3CCCN(S(=O)(=O)c4ccc(Br)s4)C3)CC2)c1. The van der Waals surface area contributed by atoms with Crippen molar-refractivity contribution in [2.24, 2.45) is 5.92 Å². The maximum absolute atomic E-state index is 13.2. The highest BCUT2D eigenvalue weighted by Crippen LogP contribution is 2.31. The van der Waals surface area contributed by atoms with E-state index in [9.17, 15) is 13.2 Å². The summed E-state index contributed by atoms with van der Waals surface area (Å²) in [6.45, 7) is 7.91. The Hall–Kier alpha value is -1.42. The molecule has 2 aliphatic rings. The van der Waals surface area contributed by atoms with Gasteiger partial charge in [-0.1, -0.05) is 12.1 Å². The summed E-state index contributed by atoms with van der Waals surface area (Å²) in [7, 11) is -3.55. The second-order valence-electron chi connectivity index (χ2n) is 8.36. The van der Waals surface area contributed by atoms with E-state index in [1.807, 2.05) is 4.90 Å². The van der Waals surface area contributed by atoms with Crippen molar-refractivity contribution >= 4 is 48.9 Å². The van der Waals surface area contributed by atoms with E-state index in [4.69, 9.17) is 0 Å². The molecule has 2 aromatic rings. The number of carbonyl (C=O) groups is 1. The van der Waals surface area contributed by atoms with Crippen LogP contribution in [0.5, 0.6) is 0 Å². The van der Waals surface area contributed by atoms with Crippen LogP contribution in [0.25, 0.3) is 0 Å². The van der Waals surface area contributed by atoms with E-state index in [1.54, 1.807) is 12.1 Å². The van der Waals surface area contributed by atoms with Gasteiger partial charge in [0.15, 0.2) is 0 Å². The van der Waals surface area contributed by atoms with Gasteiger partial charge < -0.3 is 9.80 Å². The molecule has 31 heavy (non-hydrogen) atoms. The first-order valence-electron chi connectivity index (χ1n) is 10.6. The summed E-state index contributed by atoms with van der Waals surface area (Å²) in [6.07, 6.45) is 1.46. The standard InChI is InChI=1S/C22H28BrN3O3S2/c1-16-5-6-17(2)19(14-16)24-10-12-25(13-11-24)22(27)18-4-3-9-26(15-18)31(28,29)21-8-7-20(23)30-21/h5-8,14,18H,3-4,9-13,15H2,1-2H3. The highest BCUT2D eigenvalue weighted by Gasteiger charge is 2.36. The van der Waals surface area contributed by atoms with Crippen LogP contribution >= 0.6 is 27.3 Å². The highest BCUT2D eigenvalue weighted by molar-refractivity contribution is 9.11. The molecule has 1 aromatic heterocycles. The zero-order chi connectivity index (χ0) is 22.2. The van der Waals surface area contributed by atoms with Gasteiger partial charge in [-0.2, -0.15) is 4.31 Å². The number of halogens is 1. The number of piperidine rings is 1. The molecule has 0 aliphatic carbocycles. The molecule has 2 fully saturated rings. The Bertz CT molecular complexity index is 1060. The topological polar surface area (TPSA) is 60.9 Å². The van der Waals surface area contributed by atoms with Crippen LogP contribution in [0.2, 0.25) is 0 Å². The van der Waals surface area contributed by atoms with Gasteiger partial charge in [0.2, 0.25) is 5.91 Å². The molecule has 4 rings (SSSR count). The maximum Gasteiger partial charge on any atom is 0.252 e. The lowest BCUT2D eigenvalue weighted by molar-refractivity contribution is -0.137. The third-order valence-corrected chi connectivity index (χ3v) is 10.1. The fraction of sp³-hybridized carbons (Fsp3) is 0.500. The van der Waals surface area contributed by atoms with Gasteiger partial charge in [0.05, 0.1) is 9.70 Å².